The van der Waals surface area contributed by atoms with Crippen LogP contribution in [0.2, 0.25) is 0 Å². The van der Waals surface area contributed by atoms with Crippen molar-refractivity contribution in [3.63, 3.8) is 0 Å². The second kappa shape index (κ2) is 58.9. The van der Waals surface area contributed by atoms with Gasteiger partial charge in [0.05, 0.1) is 25.4 Å². The standard InChI is InChI=1S/C63H121NO5/c1-3-5-7-9-11-13-15-17-19-21-22-23-24-25-26-27-28-30-31-33-35-39-43-47-51-55-61(66)60(59-65)64-62(67)56-52-48-44-40-37-38-42-46-50-54-58-69-63(68)57-53-49-45-41-36-34-32-29-20-18-16-14-12-10-8-6-4-2/h18,20,51,55,60-61,65-66H,3-17,19,21-50,52-54,56-59H2,1-2H3,(H,64,67)/b20-18-,55-51+. The molecule has 0 rings (SSSR count). The van der Waals surface area contributed by atoms with Gasteiger partial charge in [-0.1, -0.05) is 295 Å². The van der Waals surface area contributed by atoms with Crippen molar-refractivity contribution in [1.82, 2.24) is 5.32 Å². The van der Waals surface area contributed by atoms with Crippen molar-refractivity contribution in [2.45, 2.75) is 353 Å². The Morgan fingerprint density at radius 2 is 0.681 bits per heavy atom. The Morgan fingerprint density at radius 1 is 0.391 bits per heavy atom. The summed E-state index contributed by atoms with van der Waals surface area (Å²) in [6.07, 6.45) is 72.1. The summed E-state index contributed by atoms with van der Waals surface area (Å²) in [5.74, 6) is -0.110. The quantitative estimate of drug-likeness (QED) is 0.0321. The minimum absolute atomic E-state index is 0.0231. The SMILES string of the molecule is CCCCCCCC/C=C\CCCCCCCCCC(=O)OCCCCCCCCCCCCC(=O)NC(CO)C(O)/C=C/CCCCCCCCCCCCCCCCCCCCCCCCC. The second-order valence-electron chi connectivity index (χ2n) is 21.4. The van der Waals surface area contributed by atoms with E-state index in [0.717, 1.165) is 57.8 Å². The molecule has 2 unspecified atom stereocenters. The molecule has 0 aliphatic rings. The lowest BCUT2D eigenvalue weighted by Crippen LogP contribution is -2.45. The molecule has 69 heavy (non-hydrogen) atoms. The van der Waals surface area contributed by atoms with Gasteiger partial charge in [-0.25, -0.2) is 0 Å². The van der Waals surface area contributed by atoms with Gasteiger partial charge in [-0.3, -0.25) is 9.59 Å². The Bertz CT molecular complexity index is 1080. The van der Waals surface area contributed by atoms with Crippen LogP contribution in [0.3, 0.4) is 0 Å². The average molecular weight is 973 g/mol. The van der Waals surface area contributed by atoms with Gasteiger partial charge in [0.25, 0.3) is 0 Å². The van der Waals surface area contributed by atoms with E-state index in [9.17, 15) is 19.8 Å². The van der Waals surface area contributed by atoms with Gasteiger partial charge < -0.3 is 20.3 Å². The van der Waals surface area contributed by atoms with Gasteiger partial charge in [0.2, 0.25) is 5.91 Å². The largest absolute Gasteiger partial charge is 0.466 e. The monoisotopic (exact) mass is 972 g/mol. The summed E-state index contributed by atoms with van der Waals surface area (Å²) in [4.78, 5) is 24.6. The van der Waals surface area contributed by atoms with Crippen molar-refractivity contribution in [1.29, 1.82) is 0 Å². The number of ether oxygens (including phenoxy) is 1. The molecule has 0 heterocycles. The Morgan fingerprint density at radius 3 is 1.03 bits per heavy atom. The van der Waals surface area contributed by atoms with Gasteiger partial charge in [-0.05, 0) is 57.8 Å². The minimum atomic E-state index is -0.861. The normalized spacial score (nSPS) is 12.7. The number of nitrogens with one attached hydrogen (secondary N) is 1. The van der Waals surface area contributed by atoms with E-state index in [1.54, 1.807) is 6.08 Å². The summed E-state index contributed by atoms with van der Waals surface area (Å²) in [5, 5.41) is 23.2. The number of hydrogen-bond donors (Lipinski definition) is 3. The van der Waals surface area contributed by atoms with Crippen LogP contribution in [0.15, 0.2) is 24.3 Å². The second-order valence-corrected chi connectivity index (χ2v) is 21.4. The zero-order valence-corrected chi connectivity index (χ0v) is 46.6. The van der Waals surface area contributed by atoms with Crippen LogP contribution < -0.4 is 5.32 Å². The molecule has 0 aromatic carbocycles. The third-order valence-electron chi connectivity index (χ3n) is 14.5. The third-order valence-corrected chi connectivity index (χ3v) is 14.5. The van der Waals surface area contributed by atoms with Crippen LogP contribution in [0.25, 0.3) is 0 Å². The molecule has 0 aromatic rings. The maximum Gasteiger partial charge on any atom is 0.305 e. The van der Waals surface area contributed by atoms with Crippen molar-refractivity contribution in [2.24, 2.45) is 0 Å². The fourth-order valence-corrected chi connectivity index (χ4v) is 9.69. The van der Waals surface area contributed by atoms with E-state index in [1.165, 1.54) is 257 Å². The number of unbranched alkanes of at least 4 members (excludes halogenated alkanes) is 45. The lowest BCUT2D eigenvalue weighted by Gasteiger charge is -2.20. The van der Waals surface area contributed by atoms with E-state index in [4.69, 9.17) is 4.74 Å². The van der Waals surface area contributed by atoms with Crippen molar-refractivity contribution < 1.29 is 24.5 Å². The molecular formula is C63H121NO5. The first kappa shape index (κ1) is 67.3. The van der Waals surface area contributed by atoms with Crippen molar-refractivity contribution in [3.8, 4) is 0 Å². The maximum atomic E-state index is 12.5. The summed E-state index contributed by atoms with van der Waals surface area (Å²) in [5.41, 5.74) is 0. The van der Waals surface area contributed by atoms with Crippen molar-refractivity contribution >= 4 is 11.9 Å². The van der Waals surface area contributed by atoms with E-state index in [-0.39, 0.29) is 18.5 Å². The molecule has 0 aromatic heterocycles. The van der Waals surface area contributed by atoms with E-state index in [1.807, 2.05) is 6.08 Å². The number of carbonyl (C=O) groups is 2. The summed E-state index contributed by atoms with van der Waals surface area (Å²) < 4.78 is 5.47. The molecule has 2 atom stereocenters. The highest BCUT2D eigenvalue weighted by atomic mass is 16.5. The summed E-state index contributed by atoms with van der Waals surface area (Å²) >= 11 is 0. The third kappa shape index (κ3) is 55.5. The molecule has 0 bridgehead atoms. The smallest absolute Gasteiger partial charge is 0.305 e. The van der Waals surface area contributed by atoms with E-state index < -0.39 is 12.1 Å². The Balaban J connectivity index is 3.49. The molecule has 1 amide bonds. The van der Waals surface area contributed by atoms with Gasteiger partial charge in [0, 0.05) is 12.8 Å². The first-order chi connectivity index (χ1) is 34.0. The van der Waals surface area contributed by atoms with Crippen LogP contribution in [-0.4, -0.2) is 47.4 Å². The van der Waals surface area contributed by atoms with Gasteiger partial charge in [-0.15, -0.1) is 0 Å². The number of amides is 1. The molecule has 0 fully saturated rings. The van der Waals surface area contributed by atoms with Crippen LogP contribution in [0.4, 0.5) is 0 Å². The zero-order valence-electron chi connectivity index (χ0n) is 46.6. The van der Waals surface area contributed by atoms with Gasteiger partial charge >= 0.3 is 5.97 Å². The predicted octanol–water partition coefficient (Wildman–Crippen LogP) is 19.4. The molecule has 0 aliphatic carbocycles. The van der Waals surface area contributed by atoms with Crippen LogP contribution in [0.1, 0.15) is 341 Å². The van der Waals surface area contributed by atoms with Crippen molar-refractivity contribution in [3.05, 3.63) is 24.3 Å². The summed E-state index contributed by atoms with van der Waals surface area (Å²) in [6.45, 7) is 4.87. The van der Waals surface area contributed by atoms with Gasteiger partial charge in [0.15, 0.2) is 0 Å². The van der Waals surface area contributed by atoms with E-state index >= 15 is 0 Å². The van der Waals surface area contributed by atoms with Crippen LogP contribution in [-0.2, 0) is 14.3 Å². The Labute approximate surface area is 431 Å². The van der Waals surface area contributed by atoms with Crippen molar-refractivity contribution in [2.75, 3.05) is 13.2 Å². The molecule has 0 aliphatic heterocycles. The number of aliphatic hydroxyl groups is 2. The number of rotatable bonds is 58. The molecule has 0 saturated heterocycles. The van der Waals surface area contributed by atoms with Gasteiger partial charge in [0.1, 0.15) is 0 Å². The highest BCUT2D eigenvalue weighted by molar-refractivity contribution is 5.76. The summed E-state index contributed by atoms with van der Waals surface area (Å²) in [6, 6.07) is -0.646. The number of esters is 1. The lowest BCUT2D eigenvalue weighted by atomic mass is 10.0. The molecule has 0 radical (unpaired) electrons. The fourth-order valence-electron chi connectivity index (χ4n) is 9.69. The van der Waals surface area contributed by atoms with Gasteiger partial charge in [-0.2, -0.15) is 0 Å². The number of allylic oxidation sites excluding steroid dienone is 3. The lowest BCUT2D eigenvalue weighted by molar-refractivity contribution is -0.143. The minimum Gasteiger partial charge on any atom is -0.466 e. The number of carbonyl (C=O) groups excluding carboxylic acids is 2. The van der Waals surface area contributed by atoms with Crippen LogP contribution in [0, 0.1) is 0 Å². The molecule has 6 nitrogen and oxygen atoms in total. The zero-order chi connectivity index (χ0) is 50.0. The first-order valence-electron chi connectivity index (χ1n) is 31.1. The molecular weight excluding hydrogens is 851 g/mol. The van der Waals surface area contributed by atoms with Crippen LogP contribution >= 0.6 is 0 Å². The van der Waals surface area contributed by atoms with Crippen LogP contribution in [0.5, 0.6) is 0 Å². The summed E-state index contributed by atoms with van der Waals surface area (Å²) in [7, 11) is 0. The molecule has 408 valence electrons. The highest BCUT2D eigenvalue weighted by Crippen LogP contribution is 2.17. The average Bonchev–Trinajstić information content (AvgIpc) is 3.35. The topological polar surface area (TPSA) is 95.9 Å². The first-order valence-corrected chi connectivity index (χ1v) is 31.1. The molecule has 0 spiro atoms. The number of hydrogen-bond acceptors (Lipinski definition) is 5. The van der Waals surface area contributed by atoms with E-state index in [2.05, 4.69) is 31.3 Å². The molecule has 6 heteroatoms. The fraction of sp³-hybridized carbons (Fsp3) is 0.905. The molecule has 3 N–H and O–H groups in total. The number of aliphatic hydroxyl groups excluding tert-OH is 2. The predicted molar refractivity (Wildman–Crippen MR) is 301 cm³/mol. The van der Waals surface area contributed by atoms with E-state index in [0.29, 0.717) is 19.4 Å². The maximum absolute atomic E-state index is 12.5. The Kier molecular flexibility index (Phi) is 57.5. The molecule has 0 saturated carbocycles. The highest BCUT2D eigenvalue weighted by Gasteiger charge is 2.18. The Hall–Kier alpha value is -1.66.